The lowest BCUT2D eigenvalue weighted by Gasteiger charge is -2.17. The normalized spacial score (nSPS) is 13.8. The molecular weight excluding hydrogens is 308 g/mol. The maximum absolute atomic E-state index is 12.6. The third kappa shape index (κ3) is 3.56. The van der Waals surface area contributed by atoms with Crippen molar-refractivity contribution in [3.63, 3.8) is 0 Å². The number of hydrogen-bond donors (Lipinski definition) is 2. The molecule has 6 nitrogen and oxygen atoms in total. The van der Waals surface area contributed by atoms with Crippen LogP contribution in [0.5, 0.6) is 0 Å². The van der Waals surface area contributed by atoms with Crippen LogP contribution in [0.1, 0.15) is 46.0 Å². The number of nitrogen functional groups attached to an aromatic ring is 1. The number of nitrogens with one attached hydrogen (secondary N) is 1. The van der Waals surface area contributed by atoms with Gasteiger partial charge in [0.2, 0.25) is 0 Å². The average Bonchev–Trinajstić information content (AvgIpc) is 2.95. The van der Waals surface area contributed by atoms with Crippen LogP contribution in [0.15, 0.2) is 16.6 Å². The first-order chi connectivity index (χ1) is 9.99. The van der Waals surface area contributed by atoms with E-state index in [0.29, 0.717) is 4.96 Å². The molecule has 21 heavy (non-hydrogen) atoms. The lowest BCUT2D eigenvalue weighted by Crippen LogP contribution is -2.35. The Hall–Kier alpha value is -1.12. The first-order valence-corrected chi connectivity index (χ1v) is 9.59. The summed E-state index contributed by atoms with van der Waals surface area (Å²) in [5, 5.41) is 1.85. The highest BCUT2D eigenvalue weighted by Crippen LogP contribution is 2.24. The van der Waals surface area contributed by atoms with Crippen LogP contribution >= 0.6 is 11.3 Å². The summed E-state index contributed by atoms with van der Waals surface area (Å²) in [4.78, 5) is 4.69. The smallest absolute Gasteiger partial charge is 0.260 e. The van der Waals surface area contributed by atoms with Crippen LogP contribution in [-0.4, -0.2) is 23.8 Å². The standard InChI is InChI=1S/C13H22N4O2S2/c1-3-5-7-10(6-4-2)16-21(18,19)12-11(14)15-13-17(12)8-9-20-13/h8-10,16H,3-7,14H2,1-2H3. The fourth-order valence-electron chi connectivity index (χ4n) is 2.39. The first-order valence-electron chi connectivity index (χ1n) is 7.23. The molecule has 3 N–H and O–H groups in total. The van der Waals surface area contributed by atoms with Crippen molar-refractivity contribution in [3.05, 3.63) is 11.6 Å². The Morgan fingerprint density at radius 3 is 2.81 bits per heavy atom. The minimum absolute atomic E-state index is 0.0522. The van der Waals surface area contributed by atoms with Crippen LogP contribution in [0.25, 0.3) is 4.96 Å². The van der Waals surface area contributed by atoms with E-state index in [1.54, 1.807) is 11.6 Å². The number of sulfonamides is 1. The molecule has 0 aromatic carbocycles. The Morgan fingerprint density at radius 2 is 2.14 bits per heavy atom. The lowest BCUT2D eigenvalue weighted by atomic mass is 10.1. The largest absolute Gasteiger partial charge is 0.381 e. The molecular formula is C13H22N4O2S2. The van der Waals surface area contributed by atoms with Gasteiger partial charge in [-0.15, -0.1) is 11.3 Å². The number of nitrogens with two attached hydrogens (primary N) is 1. The fourth-order valence-corrected chi connectivity index (χ4v) is 4.68. The van der Waals surface area contributed by atoms with Crippen molar-refractivity contribution >= 4 is 32.1 Å². The Balaban J connectivity index is 2.27. The summed E-state index contributed by atoms with van der Waals surface area (Å²) in [5.74, 6) is 0.0556. The third-order valence-corrected chi connectivity index (χ3v) is 5.68. The van der Waals surface area contributed by atoms with E-state index in [-0.39, 0.29) is 16.9 Å². The molecule has 118 valence electrons. The van der Waals surface area contributed by atoms with Gasteiger partial charge in [-0.1, -0.05) is 33.1 Å². The van der Waals surface area contributed by atoms with E-state index in [1.807, 2.05) is 0 Å². The van der Waals surface area contributed by atoms with Crippen molar-refractivity contribution < 1.29 is 8.42 Å². The van der Waals surface area contributed by atoms with Crippen LogP contribution in [0.3, 0.4) is 0 Å². The Kier molecular flexibility index (Phi) is 5.23. The van der Waals surface area contributed by atoms with E-state index < -0.39 is 10.0 Å². The van der Waals surface area contributed by atoms with E-state index in [0.717, 1.165) is 32.1 Å². The zero-order valence-corrected chi connectivity index (χ0v) is 14.0. The Bertz CT molecular complexity index is 690. The summed E-state index contributed by atoms with van der Waals surface area (Å²) < 4.78 is 29.6. The van der Waals surface area contributed by atoms with Gasteiger partial charge >= 0.3 is 0 Å². The predicted molar refractivity (Wildman–Crippen MR) is 86.0 cm³/mol. The van der Waals surface area contributed by atoms with E-state index in [9.17, 15) is 8.42 Å². The van der Waals surface area contributed by atoms with Gasteiger partial charge in [-0.25, -0.2) is 18.1 Å². The number of unbranched alkanes of at least 4 members (excludes halogenated alkanes) is 1. The Morgan fingerprint density at radius 1 is 1.38 bits per heavy atom. The number of fused-ring (bicyclic) bond motifs is 1. The summed E-state index contributed by atoms with van der Waals surface area (Å²) >= 11 is 1.36. The van der Waals surface area contributed by atoms with Crippen molar-refractivity contribution in [1.29, 1.82) is 0 Å². The fraction of sp³-hybridized carbons (Fsp3) is 0.615. The summed E-state index contributed by atoms with van der Waals surface area (Å²) in [6.07, 6.45) is 6.33. The van der Waals surface area contributed by atoms with Gasteiger partial charge in [0.25, 0.3) is 10.0 Å². The van der Waals surface area contributed by atoms with Crippen LogP contribution in [0.2, 0.25) is 0 Å². The van der Waals surface area contributed by atoms with Gasteiger partial charge in [-0.3, -0.25) is 4.40 Å². The van der Waals surface area contributed by atoms with E-state index in [1.165, 1.54) is 15.7 Å². The van der Waals surface area contributed by atoms with Gasteiger partial charge in [0, 0.05) is 17.6 Å². The van der Waals surface area contributed by atoms with Crippen molar-refractivity contribution in [2.75, 3.05) is 5.73 Å². The van der Waals surface area contributed by atoms with E-state index in [4.69, 9.17) is 5.73 Å². The van der Waals surface area contributed by atoms with Gasteiger partial charge in [0.1, 0.15) is 0 Å². The Labute approximate surface area is 129 Å². The molecule has 0 radical (unpaired) electrons. The van der Waals surface area contributed by atoms with Gasteiger partial charge < -0.3 is 5.73 Å². The van der Waals surface area contributed by atoms with Gasteiger partial charge in [0.05, 0.1) is 0 Å². The van der Waals surface area contributed by atoms with Crippen LogP contribution in [0.4, 0.5) is 5.82 Å². The van der Waals surface area contributed by atoms with Gasteiger partial charge in [-0.05, 0) is 12.8 Å². The van der Waals surface area contributed by atoms with Crippen molar-refractivity contribution in [1.82, 2.24) is 14.1 Å². The molecule has 0 saturated carbocycles. The number of anilines is 1. The highest BCUT2D eigenvalue weighted by Gasteiger charge is 2.26. The zero-order chi connectivity index (χ0) is 15.5. The molecule has 0 amide bonds. The van der Waals surface area contributed by atoms with Gasteiger partial charge in [0.15, 0.2) is 15.8 Å². The number of nitrogens with zero attached hydrogens (tertiary/aromatic N) is 2. The lowest BCUT2D eigenvalue weighted by molar-refractivity contribution is 0.482. The molecule has 0 aliphatic heterocycles. The van der Waals surface area contributed by atoms with Crippen molar-refractivity contribution in [2.24, 2.45) is 0 Å². The number of imidazole rings is 1. The second-order valence-corrected chi connectivity index (χ2v) is 7.61. The minimum atomic E-state index is -3.66. The summed E-state index contributed by atoms with van der Waals surface area (Å²) in [7, 11) is -3.66. The second-order valence-electron chi connectivity index (χ2n) is 5.11. The molecule has 2 rings (SSSR count). The molecule has 2 aromatic heterocycles. The molecule has 2 aromatic rings. The highest BCUT2D eigenvalue weighted by atomic mass is 32.2. The summed E-state index contributed by atoms with van der Waals surface area (Å²) in [5.41, 5.74) is 5.79. The number of aromatic nitrogens is 2. The molecule has 8 heteroatoms. The summed E-state index contributed by atoms with van der Waals surface area (Å²) in [6.45, 7) is 4.15. The number of hydrogen-bond acceptors (Lipinski definition) is 5. The van der Waals surface area contributed by atoms with Crippen LogP contribution in [-0.2, 0) is 10.0 Å². The van der Waals surface area contributed by atoms with Gasteiger partial charge in [-0.2, -0.15) is 0 Å². The predicted octanol–water partition coefficient (Wildman–Crippen LogP) is 2.62. The SMILES string of the molecule is CCCCC(CCC)NS(=O)(=O)c1c(N)nc2sccn12. The quantitative estimate of drug-likeness (QED) is 0.778. The molecule has 0 aliphatic carbocycles. The number of thiazole rings is 1. The topological polar surface area (TPSA) is 89.5 Å². The van der Waals surface area contributed by atoms with Crippen molar-refractivity contribution in [2.45, 2.75) is 57.0 Å². The molecule has 0 saturated heterocycles. The molecule has 0 aliphatic rings. The van der Waals surface area contributed by atoms with E-state index in [2.05, 4.69) is 23.6 Å². The highest BCUT2D eigenvalue weighted by molar-refractivity contribution is 7.89. The second kappa shape index (κ2) is 6.76. The maximum Gasteiger partial charge on any atom is 0.260 e. The third-order valence-electron chi connectivity index (χ3n) is 3.36. The monoisotopic (exact) mass is 330 g/mol. The maximum atomic E-state index is 12.6. The van der Waals surface area contributed by atoms with Crippen molar-refractivity contribution in [3.8, 4) is 0 Å². The number of rotatable bonds is 8. The molecule has 0 spiro atoms. The average molecular weight is 330 g/mol. The summed E-state index contributed by atoms with van der Waals surface area (Å²) in [6, 6.07) is -0.0523. The molecule has 1 atom stereocenters. The van der Waals surface area contributed by atoms with E-state index >= 15 is 0 Å². The molecule has 1 unspecified atom stereocenters. The first kappa shape index (κ1) is 16.3. The zero-order valence-electron chi connectivity index (χ0n) is 12.4. The molecule has 0 fully saturated rings. The van der Waals surface area contributed by atoms with Crippen LogP contribution < -0.4 is 10.5 Å². The minimum Gasteiger partial charge on any atom is -0.381 e. The molecule has 2 heterocycles. The molecule has 0 bridgehead atoms. The van der Waals surface area contributed by atoms with Crippen LogP contribution in [0, 0.1) is 0 Å².